The van der Waals surface area contributed by atoms with Crippen molar-refractivity contribution in [3.63, 3.8) is 0 Å². The van der Waals surface area contributed by atoms with Crippen LogP contribution in [0.4, 0.5) is 4.39 Å². The Kier molecular flexibility index (Phi) is 5.82. The van der Waals surface area contributed by atoms with Crippen molar-refractivity contribution in [2.45, 2.75) is 6.42 Å². The molecule has 0 radical (unpaired) electrons. The third kappa shape index (κ3) is 5.30. The van der Waals surface area contributed by atoms with Crippen LogP contribution in [0.5, 0.6) is 5.75 Å². The van der Waals surface area contributed by atoms with E-state index in [9.17, 15) is 4.39 Å². The fourth-order valence-corrected chi connectivity index (χ4v) is 2.80. The van der Waals surface area contributed by atoms with Crippen molar-refractivity contribution >= 4 is 27.3 Å². The van der Waals surface area contributed by atoms with Crippen LogP contribution < -0.4 is 10.1 Å². The van der Waals surface area contributed by atoms with E-state index in [-0.39, 0.29) is 5.82 Å². The lowest BCUT2D eigenvalue weighted by Gasteiger charge is -2.07. The Morgan fingerprint density at radius 1 is 1.26 bits per heavy atom. The van der Waals surface area contributed by atoms with E-state index in [2.05, 4.69) is 38.8 Å². The zero-order valence-corrected chi connectivity index (χ0v) is 12.8. The minimum Gasteiger partial charge on any atom is -0.492 e. The molecule has 2 nitrogen and oxygen atoms in total. The number of thiophene rings is 1. The summed E-state index contributed by atoms with van der Waals surface area (Å²) in [4.78, 5) is 1.38. The van der Waals surface area contributed by atoms with E-state index in [1.165, 1.54) is 17.0 Å². The third-order valence-electron chi connectivity index (χ3n) is 2.51. The van der Waals surface area contributed by atoms with Gasteiger partial charge in [0.1, 0.15) is 18.2 Å². The molecular formula is C14H15BrFNOS. The van der Waals surface area contributed by atoms with Crippen molar-refractivity contribution in [2.75, 3.05) is 19.7 Å². The molecule has 5 heteroatoms. The Balaban J connectivity index is 1.61. The molecule has 0 aliphatic rings. The predicted molar refractivity (Wildman–Crippen MR) is 80.5 cm³/mol. The molecule has 0 unspecified atom stereocenters. The van der Waals surface area contributed by atoms with Crippen molar-refractivity contribution in [3.8, 4) is 5.75 Å². The summed E-state index contributed by atoms with van der Waals surface area (Å²) in [5, 5.41) is 5.38. The van der Waals surface area contributed by atoms with E-state index in [0.717, 1.165) is 19.5 Å². The lowest BCUT2D eigenvalue weighted by Crippen LogP contribution is -2.23. The van der Waals surface area contributed by atoms with Gasteiger partial charge in [-0.3, -0.25) is 0 Å². The fraction of sp³-hybridized carbons (Fsp3) is 0.286. The summed E-state index contributed by atoms with van der Waals surface area (Å²) in [6, 6.07) is 8.75. The van der Waals surface area contributed by atoms with E-state index in [1.807, 2.05) is 0 Å². The largest absolute Gasteiger partial charge is 0.492 e. The normalized spacial score (nSPS) is 10.6. The molecule has 0 spiro atoms. The second kappa shape index (κ2) is 7.62. The van der Waals surface area contributed by atoms with E-state index >= 15 is 0 Å². The molecule has 2 aromatic rings. The van der Waals surface area contributed by atoms with Gasteiger partial charge in [0.25, 0.3) is 0 Å². The van der Waals surface area contributed by atoms with Gasteiger partial charge in [0.05, 0.1) is 0 Å². The number of rotatable bonds is 7. The van der Waals surface area contributed by atoms with Crippen LogP contribution in [-0.4, -0.2) is 19.7 Å². The van der Waals surface area contributed by atoms with Crippen LogP contribution in [0.1, 0.15) is 4.88 Å². The number of ether oxygens (including phenoxy) is 1. The number of benzene rings is 1. The smallest absolute Gasteiger partial charge is 0.128 e. The highest BCUT2D eigenvalue weighted by Gasteiger charge is 2.00. The van der Waals surface area contributed by atoms with Crippen molar-refractivity contribution in [2.24, 2.45) is 0 Å². The first-order chi connectivity index (χ1) is 9.24. The molecule has 2 rings (SSSR count). The summed E-state index contributed by atoms with van der Waals surface area (Å²) in [6.07, 6.45) is 1.03. The molecular weight excluding hydrogens is 329 g/mol. The van der Waals surface area contributed by atoms with Crippen LogP contribution in [0.25, 0.3) is 0 Å². The molecule has 0 bridgehead atoms. The highest BCUT2D eigenvalue weighted by molar-refractivity contribution is 9.10. The van der Waals surface area contributed by atoms with Gasteiger partial charge in [-0.1, -0.05) is 22.0 Å². The van der Waals surface area contributed by atoms with E-state index in [4.69, 9.17) is 4.74 Å². The van der Waals surface area contributed by atoms with Gasteiger partial charge in [0.15, 0.2) is 0 Å². The highest BCUT2D eigenvalue weighted by atomic mass is 79.9. The second-order valence-electron chi connectivity index (χ2n) is 4.03. The molecule has 1 aromatic heterocycles. The molecule has 0 aliphatic carbocycles. The lowest BCUT2D eigenvalue weighted by atomic mass is 10.3. The maximum atomic E-state index is 13.1. The number of nitrogens with one attached hydrogen (secondary N) is 1. The zero-order valence-electron chi connectivity index (χ0n) is 10.4. The minimum atomic E-state index is -0.296. The summed E-state index contributed by atoms with van der Waals surface area (Å²) in [5.74, 6) is 0.252. The molecule has 1 aromatic carbocycles. The molecule has 0 amide bonds. The quantitative estimate of drug-likeness (QED) is 0.770. The molecule has 102 valence electrons. The number of hydrogen-bond acceptors (Lipinski definition) is 3. The van der Waals surface area contributed by atoms with Crippen molar-refractivity contribution in [1.82, 2.24) is 5.32 Å². The average molecular weight is 344 g/mol. The first-order valence-corrected chi connectivity index (χ1v) is 7.73. The van der Waals surface area contributed by atoms with E-state index in [1.54, 1.807) is 17.4 Å². The molecule has 0 saturated carbocycles. The van der Waals surface area contributed by atoms with Gasteiger partial charge in [-0.15, -0.1) is 11.3 Å². The SMILES string of the molecule is Fc1cc(Br)cc(OCCNCCc2cccs2)c1. The van der Waals surface area contributed by atoms with Crippen molar-refractivity contribution in [3.05, 3.63) is 50.9 Å². The highest BCUT2D eigenvalue weighted by Crippen LogP contribution is 2.20. The van der Waals surface area contributed by atoms with Gasteiger partial charge in [0, 0.05) is 28.5 Å². The first kappa shape index (κ1) is 14.5. The number of halogens is 2. The Bertz CT molecular complexity index is 484. The van der Waals surface area contributed by atoms with Crippen LogP contribution in [0, 0.1) is 5.82 Å². The Morgan fingerprint density at radius 2 is 2.16 bits per heavy atom. The van der Waals surface area contributed by atoms with Crippen LogP contribution in [-0.2, 0) is 6.42 Å². The predicted octanol–water partition coefficient (Wildman–Crippen LogP) is 3.86. The fourth-order valence-electron chi connectivity index (χ4n) is 1.64. The average Bonchev–Trinajstić information content (AvgIpc) is 2.85. The molecule has 0 aliphatic heterocycles. The van der Waals surface area contributed by atoms with E-state index in [0.29, 0.717) is 16.8 Å². The summed E-state index contributed by atoms with van der Waals surface area (Å²) in [7, 11) is 0. The molecule has 19 heavy (non-hydrogen) atoms. The Morgan fingerprint density at radius 3 is 2.89 bits per heavy atom. The van der Waals surface area contributed by atoms with Gasteiger partial charge in [0.2, 0.25) is 0 Å². The molecule has 0 atom stereocenters. The van der Waals surface area contributed by atoms with Crippen LogP contribution >= 0.6 is 27.3 Å². The van der Waals surface area contributed by atoms with Gasteiger partial charge in [-0.2, -0.15) is 0 Å². The van der Waals surface area contributed by atoms with Gasteiger partial charge < -0.3 is 10.1 Å². The van der Waals surface area contributed by atoms with Crippen LogP contribution in [0.2, 0.25) is 0 Å². The Labute approximate surface area is 124 Å². The lowest BCUT2D eigenvalue weighted by molar-refractivity contribution is 0.313. The van der Waals surface area contributed by atoms with Crippen LogP contribution in [0.15, 0.2) is 40.2 Å². The van der Waals surface area contributed by atoms with Crippen molar-refractivity contribution in [1.29, 1.82) is 0 Å². The summed E-state index contributed by atoms with van der Waals surface area (Å²) in [6.45, 7) is 2.20. The third-order valence-corrected chi connectivity index (χ3v) is 3.91. The summed E-state index contributed by atoms with van der Waals surface area (Å²) < 4.78 is 19.3. The summed E-state index contributed by atoms with van der Waals surface area (Å²) >= 11 is 5.00. The van der Waals surface area contributed by atoms with Gasteiger partial charge >= 0.3 is 0 Å². The van der Waals surface area contributed by atoms with E-state index < -0.39 is 0 Å². The molecule has 0 fully saturated rings. The zero-order chi connectivity index (χ0) is 13.5. The molecule has 1 N–H and O–H groups in total. The van der Waals surface area contributed by atoms with Gasteiger partial charge in [-0.05, 0) is 30.0 Å². The number of hydrogen-bond donors (Lipinski definition) is 1. The Hall–Kier alpha value is -0.910. The monoisotopic (exact) mass is 343 g/mol. The maximum absolute atomic E-state index is 13.1. The molecule has 0 saturated heterocycles. The summed E-state index contributed by atoms with van der Waals surface area (Å²) in [5.41, 5.74) is 0. The second-order valence-corrected chi connectivity index (χ2v) is 5.98. The van der Waals surface area contributed by atoms with Crippen molar-refractivity contribution < 1.29 is 9.13 Å². The maximum Gasteiger partial charge on any atom is 0.128 e. The van der Waals surface area contributed by atoms with Gasteiger partial charge in [-0.25, -0.2) is 4.39 Å². The van der Waals surface area contributed by atoms with Crippen LogP contribution in [0.3, 0.4) is 0 Å². The first-order valence-electron chi connectivity index (χ1n) is 6.06. The minimum absolute atomic E-state index is 0.296. The molecule has 1 heterocycles. The topological polar surface area (TPSA) is 21.3 Å². The standard InChI is InChI=1S/C14H15BrFNOS/c15-11-8-12(16)10-13(9-11)18-6-5-17-4-3-14-2-1-7-19-14/h1-2,7-10,17H,3-6H2.